The molecule has 2 aromatic carbocycles. The van der Waals surface area contributed by atoms with Crippen LogP contribution < -0.4 is 14.8 Å². The number of fused-ring (bicyclic) bond motifs is 1. The third-order valence-corrected chi connectivity index (χ3v) is 3.74. The number of nitrogens with one attached hydrogen (secondary N) is 1. The molecule has 0 aliphatic carbocycles. The lowest BCUT2D eigenvalue weighted by molar-refractivity contribution is -0.383. The van der Waals surface area contributed by atoms with E-state index in [4.69, 9.17) is 9.47 Å². The molecule has 0 atom stereocenters. The molecule has 0 saturated carbocycles. The molecular formula is C18H17N3O4. The number of ether oxygens (including phenoxy) is 2. The van der Waals surface area contributed by atoms with Crippen molar-refractivity contribution in [3.63, 3.8) is 0 Å². The van der Waals surface area contributed by atoms with E-state index in [1.54, 1.807) is 25.4 Å². The molecular weight excluding hydrogens is 322 g/mol. The van der Waals surface area contributed by atoms with Gasteiger partial charge in [-0.2, -0.15) is 0 Å². The van der Waals surface area contributed by atoms with Crippen molar-refractivity contribution in [3.8, 4) is 11.5 Å². The zero-order chi connectivity index (χ0) is 17.6. The molecule has 7 heteroatoms. The van der Waals surface area contributed by atoms with E-state index in [0.29, 0.717) is 30.0 Å². The zero-order valence-electron chi connectivity index (χ0n) is 13.6. The number of aromatic nitrogens is 1. The Morgan fingerprint density at radius 3 is 2.68 bits per heavy atom. The summed E-state index contributed by atoms with van der Waals surface area (Å²) < 4.78 is 11.0. The molecule has 7 nitrogen and oxygen atoms in total. The van der Waals surface area contributed by atoms with Crippen LogP contribution in [-0.4, -0.2) is 30.2 Å². The number of anilines is 1. The van der Waals surface area contributed by atoms with E-state index in [-0.39, 0.29) is 5.69 Å². The number of non-ortho nitro benzene ring substituents is 1. The van der Waals surface area contributed by atoms with Gasteiger partial charge < -0.3 is 14.8 Å². The molecule has 1 N–H and O–H groups in total. The summed E-state index contributed by atoms with van der Waals surface area (Å²) in [7, 11) is 1.59. The van der Waals surface area contributed by atoms with E-state index in [0.717, 1.165) is 11.1 Å². The van der Waals surface area contributed by atoms with Crippen LogP contribution in [0.5, 0.6) is 11.5 Å². The summed E-state index contributed by atoms with van der Waals surface area (Å²) >= 11 is 0. The molecule has 0 unspecified atom stereocenters. The number of hydrogen-bond acceptors (Lipinski definition) is 6. The smallest absolute Gasteiger partial charge is 0.278 e. The van der Waals surface area contributed by atoms with Crippen LogP contribution in [0, 0.1) is 10.1 Å². The molecule has 0 radical (unpaired) electrons. The lowest BCUT2D eigenvalue weighted by Gasteiger charge is -2.12. The minimum absolute atomic E-state index is 0.0407. The van der Waals surface area contributed by atoms with Crippen molar-refractivity contribution >= 4 is 22.1 Å². The standard InChI is InChI=1S/C18H17N3O4/c1-24-17-4-2-3-5-18(17)25-11-10-20-15-6-7-16(21(22)23)14-12-19-9-8-13(14)15/h2-9,12,20H,10-11H2,1H3. The molecule has 128 valence electrons. The minimum Gasteiger partial charge on any atom is -0.493 e. The summed E-state index contributed by atoms with van der Waals surface area (Å²) in [5, 5.41) is 15.6. The number of benzene rings is 2. The van der Waals surface area contributed by atoms with Crippen molar-refractivity contribution in [2.45, 2.75) is 0 Å². The van der Waals surface area contributed by atoms with Crippen LogP contribution in [0.4, 0.5) is 11.4 Å². The van der Waals surface area contributed by atoms with E-state index in [1.165, 1.54) is 12.3 Å². The van der Waals surface area contributed by atoms with Crippen LogP contribution in [0.25, 0.3) is 10.8 Å². The Balaban J connectivity index is 1.70. The molecule has 0 aliphatic rings. The number of methoxy groups -OCH3 is 1. The number of nitro groups is 1. The second-order valence-corrected chi connectivity index (χ2v) is 5.24. The topological polar surface area (TPSA) is 86.5 Å². The maximum Gasteiger partial charge on any atom is 0.278 e. The van der Waals surface area contributed by atoms with E-state index in [9.17, 15) is 10.1 Å². The molecule has 0 spiro atoms. The predicted molar refractivity (Wildman–Crippen MR) is 95.4 cm³/mol. The monoisotopic (exact) mass is 339 g/mol. The third-order valence-electron chi connectivity index (χ3n) is 3.74. The van der Waals surface area contributed by atoms with Gasteiger partial charge in [-0.1, -0.05) is 12.1 Å². The maximum atomic E-state index is 11.1. The summed E-state index contributed by atoms with van der Waals surface area (Å²) in [4.78, 5) is 14.7. The molecule has 0 fully saturated rings. The molecule has 1 aromatic heterocycles. The van der Waals surface area contributed by atoms with Gasteiger partial charge in [0.25, 0.3) is 5.69 Å². The maximum absolute atomic E-state index is 11.1. The van der Waals surface area contributed by atoms with Gasteiger partial charge in [-0.25, -0.2) is 0 Å². The Morgan fingerprint density at radius 1 is 1.12 bits per heavy atom. The fourth-order valence-electron chi connectivity index (χ4n) is 2.57. The fourth-order valence-corrected chi connectivity index (χ4v) is 2.57. The largest absolute Gasteiger partial charge is 0.493 e. The first kappa shape index (κ1) is 16.5. The van der Waals surface area contributed by atoms with Crippen molar-refractivity contribution < 1.29 is 14.4 Å². The summed E-state index contributed by atoms with van der Waals surface area (Å²) in [6.07, 6.45) is 3.12. The lowest BCUT2D eigenvalue weighted by Crippen LogP contribution is -2.12. The molecule has 25 heavy (non-hydrogen) atoms. The number of nitrogens with zero attached hydrogens (tertiary/aromatic N) is 2. The summed E-state index contributed by atoms with van der Waals surface area (Å²) in [5.41, 5.74) is 0.838. The zero-order valence-corrected chi connectivity index (χ0v) is 13.6. The Morgan fingerprint density at radius 2 is 1.92 bits per heavy atom. The van der Waals surface area contributed by atoms with E-state index in [1.807, 2.05) is 24.3 Å². The molecule has 3 rings (SSSR count). The molecule has 0 bridgehead atoms. The van der Waals surface area contributed by atoms with Crippen molar-refractivity contribution in [1.29, 1.82) is 0 Å². The molecule has 3 aromatic rings. The van der Waals surface area contributed by atoms with Crippen LogP contribution in [0.3, 0.4) is 0 Å². The number of nitro benzene ring substituents is 1. The van der Waals surface area contributed by atoms with Gasteiger partial charge in [-0.05, 0) is 24.3 Å². The highest BCUT2D eigenvalue weighted by Crippen LogP contribution is 2.30. The quantitative estimate of drug-likeness (QED) is 0.402. The van der Waals surface area contributed by atoms with E-state index < -0.39 is 4.92 Å². The Bertz CT molecular complexity index is 898. The molecule has 0 amide bonds. The van der Waals surface area contributed by atoms with Gasteiger partial charge in [0.05, 0.1) is 17.4 Å². The number of para-hydroxylation sites is 2. The average Bonchev–Trinajstić information content (AvgIpc) is 2.65. The summed E-state index contributed by atoms with van der Waals surface area (Å²) in [6, 6.07) is 12.4. The van der Waals surface area contributed by atoms with Crippen LogP contribution in [0.2, 0.25) is 0 Å². The van der Waals surface area contributed by atoms with Gasteiger partial charge in [0, 0.05) is 36.1 Å². The van der Waals surface area contributed by atoms with E-state index >= 15 is 0 Å². The molecule has 1 heterocycles. The van der Waals surface area contributed by atoms with Gasteiger partial charge in [0.2, 0.25) is 0 Å². The molecule has 0 aliphatic heterocycles. The van der Waals surface area contributed by atoms with Crippen molar-refractivity contribution in [2.24, 2.45) is 0 Å². The Kier molecular flexibility index (Phi) is 4.94. The average molecular weight is 339 g/mol. The van der Waals surface area contributed by atoms with Crippen LogP contribution in [0.1, 0.15) is 0 Å². The first-order valence-electron chi connectivity index (χ1n) is 7.71. The first-order chi connectivity index (χ1) is 12.2. The fraction of sp³-hybridized carbons (Fsp3) is 0.167. The highest BCUT2D eigenvalue weighted by Gasteiger charge is 2.14. The Hall–Kier alpha value is -3.35. The summed E-state index contributed by atoms with van der Waals surface area (Å²) in [6.45, 7) is 0.956. The Labute approximate surface area is 144 Å². The number of rotatable bonds is 7. The van der Waals surface area contributed by atoms with Gasteiger partial charge in [0.1, 0.15) is 6.61 Å². The van der Waals surface area contributed by atoms with Crippen molar-refractivity contribution in [2.75, 3.05) is 25.6 Å². The minimum atomic E-state index is -0.404. The SMILES string of the molecule is COc1ccccc1OCCNc1ccc([N+](=O)[O-])c2cnccc12. The normalized spacial score (nSPS) is 10.4. The van der Waals surface area contributed by atoms with Gasteiger partial charge in [-0.3, -0.25) is 15.1 Å². The molecule has 0 saturated heterocycles. The highest BCUT2D eigenvalue weighted by atomic mass is 16.6. The van der Waals surface area contributed by atoms with Crippen molar-refractivity contribution in [1.82, 2.24) is 4.98 Å². The summed E-state index contributed by atoms with van der Waals surface area (Å²) in [5.74, 6) is 1.35. The van der Waals surface area contributed by atoms with Crippen LogP contribution in [0.15, 0.2) is 54.9 Å². The third kappa shape index (κ3) is 3.60. The van der Waals surface area contributed by atoms with Crippen LogP contribution in [-0.2, 0) is 0 Å². The number of pyridine rings is 1. The van der Waals surface area contributed by atoms with Gasteiger partial charge in [0.15, 0.2) is 11.5 Å². The van der Waals surface area contributed by atoms with Crippen molar-refractivity contribution in [3.05, 3.63) is 65.0 Å². The highest BCUT2D eigenvalue weighted by molar-refractivity contribution is 5.99. The van der Waals surface area contributed by atoms with E-state index in [2.05, 4.69) is 10.3 Å². The first-order valence-corrected chi connectivity index (χ1v) is 7.71. The second kappa shape index (κ2) is 7.48. The van der Waals surface area contributed by atoms with Crippen LogP contribution >= 0.6 is 0 Å². The van der Waals surface area contributed by atoms with Gasteiger partial charge >= 0.3 is 0 Å². The lowest BCUT2D eigenvalue weighted by atomic mass is 10.1. The number of hydrogen-bond donors (Lipinski definition) is 1. The second-order valence-electron chi connectivity index (χ2n) is 5.24. The predicted octanol–water partition coefficient (Wildman–Crippen LogP) is 3.64. The van der Waals surface area contributed by atoms with Gasteiger partial charge in [-0.15, -0.1) is 0 Å².